The second-order valence-corrected chi connectivity index (χ2v) is 6.68. The summed E-state index contributed by atoms with van der Waals surface area (Å²) in [5.41, 5.74) is 0.516. The van der Waals surface area contributed by atoms with E-state index in [0.29, 0.717) is 17.3 Å². The average molecular weight is 330 g/mol. The van der Waals surface area contributed by atoms with E-state index in [9.17, 15) is 4.79 Å². The van der Waals surface area contributed by atoms with Crippen LogP contribution in [0.15, 0.2) is 18.3 Å². The number of likely N-dealkylation sites (tertiary alicyclic amines) is 1. The number of anilines is 1. The van der Waals surface area contributed by atoms with Crippen LogP contribution in [-0.4, -0.2) is 55.2 Å². The molecule has 1 aromatic heterocycles. The third kappa shape index (κ3) is 5.20. The molecule has 6 nitrogen and oxygen atoms in total. The zero-order valence-electron chi connectivity index (χ0n) is 14.7. The van der Waals surface area contributed by atoms with Crippen molar-refractivity contribution in [1.29, 1.82) is 5.26 Å². The number of carbonyl (C=O) groups excluding carboxylic acids is 1. The molecule has 0 aromatic carbocycles. The van der Waals surface area contributed by atoms with Gasteiger partial charge in [0.1, 0.15) is 11.9 Å². The van der Waals surface area contributed by atoms with Gasteiger partial charge in [-0.3, -0.25) is 4.79 Å². The summed E-state index contributed by atoms with van der Waals surface area (Å²) < 4.78 is 5.86. The molecule has 1 amide bonds. The first kappa shape index (κ1) is 18.2. The predicted octanol–water partition coefficient (Wildman–Crippen LogP) is 2.05. The van der Waals surface area contributed by atoms with Crippen LogP contribution in [0.2, 0.25) is 0 Å². The largest absolute Gasteiger partial charge is 0.378 e. The fourth-order valence-corrected chi connectivity index (χ4v) is 2.66. The Labute approximate surface area is 144 Å². The van der Waals surface area contributed by atoms with E-state index in [1.54, 1.807) is 12.1 Å². The summed E-state index contributed by atoms with van der Waals surface area (Å²) in [5, 5.41) is 8.80. The summed E-state index contributed by atoms with van der Waals surface area (Å²) in [7, 11) is 1.84. The minimum absolute atomic E-state index is 0.103. The molecule has 0 radical (unpaired) electrons. The maximum Gasteiger partial charge on any atom is 0.242 e. The number of rotatable bonds is 6. The third-order valence-electron chi connectivity index (χ3n) is 4.10. The predicted molar refractivity (Wildman–Crippen MR) is 92.6 cm³/mol. The summed E-state index contributed by atoms with van der Waals surface area (Å²) in [6, 6.07) is 5.51. The molecule has 2 rings (SSSR count). The number of ether oxygens (including phenoxy) is 1. The van der Waals surface area contributed by atoms with Gasteiger partial charge in [-0.25, -0.2) is 4.98 Å². The summed E-state index contributed by atoms with van der Waals surface area (Å²) in [4.78, 5) is 20.4. The van der Waals surface area contributed by atoms with Gasteiger partial charge in [0.25, 0.3) is 0 Å². The molecule has 0 aliphatic carbocycles. The fraction of sp³-hybridized carbons (Fsp3) is 0.611. The van der Waals surface area contributed by atoms with Gasteiger partial charge in [-0.15, -0.1) is 0 Å². The molecule has 0 saturated carbocycles. The van der Waals surface area contributed by atoms with Crippen molar-refractivity contribution in [2.75, 3.05) is 38.2 Å². The number of likely N-dealkylation sites (N-methyl/N-ethyl adjacent to an activating group) is 1. The number of nitriles is 1. The average Bonchev–Trinajstić information content (AvgIpc) is 2.60. The number of aromatic nitrogens is 1. The van der Waals surface area contributed by atoms with Crippen molar-refractivity contribution in [2.45, 2.75) is 32.8 Å². The molecule has 130 valence electrons. The normalized spacial score (nSPS) is 15.4. The Morgan fingerprint density at radius 1 is 1.46 bits per heavy atom. The van der Waals surface area contributed by atoms with Crippen molar-refractivity contribution in [3.63, 3.8) is 0 Å². The minimum atomic E-state index is 0.103. The van der Waals surface area contributed by atoms with Gasteiger partial charge in [0.2, 0.25) is 5.91 Å². The van der Waals surface area contributed by atoms with Crippen molar-refractivity contribution in [3.8, 4) is 6.07 Å². The lowest BCUT2D eigenvalue weighted by Gasteiger charge is -2.33. The van der Waals surface area contributed by atoms with Gasteiger partial charge in [0.05, 0.1) is 18.2 Å². The van der Waals surface area contributed by atoms with Crippen LogP contribution >= 0.6 is 0 Å². The number of piperidine rings is 1. The van der Waals surface area contributed by atoms with Gasteiger partial charge in [0, 0.05) is 32.9 Å². The first-order chi connectivity index (χ1) is 11.5. The van der Waals surface area contributed by atoms with Gasteiger partial charge < -0.3 is 14.5 Å². The van der Waals surface area contributed by atoms with Crippen LogP contribution in [0.3, 0.4) is 0 Å². The highest BCUT2D eigenvalue weighted by Gasteiger charge is 2.24. The van der Waals surface area contributed by atoms with E-state index in [1.807, 2.05) is 22.9 Å². The Morgan fingerprint density at radius 3 is 2.71 bits per heavy atom. The maximum atomic E-state index is 12.4. The van der Waals surface area contributed by atoms with E-state index in [4.69, 9.17) is 10.00 Å². The monoisotopic (exact) mass is 330 g/mol. The lowest BCUT2D eigenvalue weighted by Crippen LogP contribution is -2.45. The number of hydrogen-bond acceptors (Lipinski definition) is 5. The maximum absolute atomic E-state index is 12.4. The van der Waals surface area contributed by atoms with E-state index < -0.39 is 0 Å². The molecule has 6 heteroatoms. The number of carbonyl (C=O) groups is 1. The van der Waals surface area contributed by atoms with Crippen molar-refractivity contribution in [3.05, 3.63) is 23.9 Å². The van der Waals surface area contributed by atoms with Crippen LogP contribution in [0.4, 0.5) is 5.82 Å². The highest BCUT2D eigenvalue weighted by molar-refractivity contribution is 5.81. The van der Waals surface area contributed by atoms with Crippen LogP contribution < -0.4 is 4.90 Å². The topological polar surface area (TPSA) is 69.5 Å². The highest BCUT2D eigenvalue weighted by Crippen LogP contribution is 2.16. The number of hydrogen-bond donors (Lipinski definition) is 0. The Bertz CT molecular complexity index is 572. The first-order valence-electron chi connectivity index (χ1n) is 8.46. The zero-order chi connectivity index (χ0) is 17.5. The van der Waals surface area contributed by atoms with Crippen LogP contribution in [0.25, 0.3) is 0 Å². The van der Waals surface area contributed by atoms with Crippen molar-refractivity contribution < 1.29 is 9.53 Å². The molecule has 1 fully saturated rings. The molecule has 1 aliphatic rings. The Hall–Kier alpha value is -2.13. The van der Waals surface area contributed by atoms with Crippen molar-refractivity contribution in [2.24, 2.45) is 5.92 Å². The second-order valence-electron chi connectivity index (χ2n) is 6.68. The van der Waals surface area contributed by atoms with E-state index in [0.717, 1.165) is 32.5 Å². The van der Waals surface area contributed by atoms with Crippen molar-refractivity contribution in [1.82, 2.24) is 9.88 Å². The Balaban J connectivity index is 1.79. The standard InChI is InChI=1S/C18H26N4O2/c1-14(2)13-24-16-6-8-22(9-7-16)18(23)12-21(3)17-5-4-15(10-19)11-20-17/h4-5,11,14,16H,6-9,12-13H2,1-3H3. The zero-order valence-corrected chi connectivity index (χ0v) is 14.7. The SMILES string of the molecule is CC(C)COC1CCN(C(=O)CN(C)c2ccc(C#N)cn2)CC1. The molecule has 1 aromatic rings. The molecule has 24 heavy (non-hydrogen) atoms. The van der Waals surface area contributed by atoms with Crippen LogP contribution in [0.1, 0.15) is 32.3 Å². The molecule has 0 bridgehead atoms. The molecule has 1 saturated heterocycles. The van der Waals surface area contributed by atoms with Crippen LogP contribution in [0, 0.1) is 17.2 Å². The molecule has 0 atom stereocenters. The van der Waals surface area contributed by atoms with Gasteiger partial charge in [-0.05, 0) is 30.9 Å². The lowest BCUT2D eigenvalue weighted by molar-refractivity contribution is -0.132. The van der Waals surface area contributed by atoms with E-state index in [-0.39, 0.29) is 18.6 Å². The van der Waals surface area contributed by atoms with Crippen molar-refractivity contribution >= 4 is 11.7 Å². The Morgan fingerprint density at radius 2 is 2.17 bits per heavy atom. The van der Waals surface area contributed by atoms with E-state index in [2.05, 4.69) is 18.8 Å². The van der Waals surface area contributed by atoms with Gasteiger partial charge >= 0.3 is 0 Å². The number of pyridine rings is 1. The van der Waals surface area contributed by atoms with Gasteiger partial charge in [-0.1, -0.05) is 13.8 Å². The molecule has 0 unspecified atom stereocenters. The highest BCUT2D eigenvalue weighted by atomic mass is 16.5. The number of amides is 1. The minimum Gasteiger partial charge on any atom is -0.378 e. The number of nitrogens with zero attached hydrogens (tertiary/aromatic N) is 4. The second kappa shape index (κ2) is 8.65. The lowest BCUT2D eigenvalue weighted by atomic mass is 10.1. The fourth-order valence-electron chi connectivity index (χ4n) is 2.66. The summed E-state index contributed by atoms with van der Waals surface area (Å²) in [6.45, 7) is 6.85. The Kier molecular flexibility index (Phi) is 6.56. The quantitative estimate of drug-likeness (QED) is 0.798. The molecule has 0 spiro atoms. The van der Waals surface area contributed by atoms with E-state index >= 15 is 0 Å². The molecular formula is C18H26N4O2. The summed E-state index contributed by atoms with van der Waals surface area (Å²) >= 11 is 0. The molecule has 0 N–H and O–H groups in total. The van der Waals surface area contributed by atoms with E-state index in [1.165, 1.54) is 6.20 Å². The van der Waals surface area contributed by atoms with Crippen LogP contribution in [0.5, 0.6) is 0 Å². The van der Waals surface area contributed by atoms with Crippen LogP contribution in [-0.2, 0) is 9.53 Å². The summed E-state index contributed by atoms with van der Waals surface area (Å²) in [6.07, 6.45) is 3.59. The molecule has 2 heterocycles. The van der Waals surface area contributed by atoms with Gasteiger partial charge in [0.15, 0.2) is 0 Å². The smallest absolute Gasteiger partial charge is 0.242 e. The molecular weight excluding hydrogens is 304 g/mol. The summed E-state index contributed by atoms with van der Waals surface area (Å²) in [5.74, 6) is 1.33. The third-order valence-corrected chi connectivity index (χ3v) is 4.10. The first-order valence-corrected chi connectivity index (χ1v) is 8.46. The van der Waals surface area contributed by atoms with Gasteiger partial charge in [-0.2, -0.15) is 5.26 Å². The molecule has 1 aliphatic heterocycles.